The fourth-order valence-electron chi connectivity index (χ4n) is 4.11. The summed E-state index contributed by atoms with van der Waals surface area (Å²) >= 11 is 0. The van der Waals surface area contributed by atoms with Gasteiger partial charge in [-0.3, -0.25) is 0 Å². The molecule has 0 aliphatic heterocycles. The first-order valence-corrected chi connectivity index (χ1v) is 12.5. The van der Waals surface area contributed by atoms with Crippen LogP contribution >= 0.6 is 0 Å². The van der Waals surface area contributed by atoms with E-state index in [9.17, 15) is 0 Å². The Morgan fingerprint density at radius 2 is 1.41 bits per heavy atom. The molecule has 0 aliphatic rings. The van der Waals surface area contributed by atoms with Crippen molar-refractivity contribution in [1.82, 2.24) is 0 Å². The van der Waals surface area contributed by atoms with Crippen LogP contribution in [0.5, 0.6) is 0 Å². The average Bonchev–Trinajstić information content (AvgIpc) is 3.27. The van der Waals surface area contributed by atoms with Crippen LogP contribution in [-0.4, -0.2) is 7.05 Å². The van der Waals surface area contributed by atoms with E-state index in [0.717, 1.165) is 38.8 Å². The number of hydrogen-bond acceptors (Lipinski definition) is 2. The number of furan rings is 1. The summed E-state index contributed by atoms with van der Waals surface area (Å²) in [4.78, 5) is 0. The molecule has 1 heterocycles. The summed E-state index contributed by atoms with van der Waals surface area (Å²) in [7, 11) is 1.98. The summed E-state index contributed by atoms with van der Waals surface area (Å²) in [6, 6.07) is 23.5. The summed E-state index contributed by atoms with van der Waals surface area (Å²) in [6.45, 7) is 18.0. The van der Waals surface area contributed by atoms with Crippen molar-refractivity contribution in [2.24, 2.45) is 0 Å². The highest BCUT2D eigenvalue weighted by Crippen LogP contribution is 2.38. The monoisotopic (exact) mass is 453 g/mol. The number of rotatable bonds is 3. The van der Waals surface area contributed by atoms with Gasteiger partial charge in [0.25, 0.3) is 0 Å². The van der Waals surface area contributed by atoms with Gasteiger partial charge in [-0.2, -0.15) is 0 Å². The van der Waals surface area contributed by atoms with Gasteiger partial charge in [0.15, 0.2) is 0 Å². The predicted molar refractivity (Wildman–Crippen MR) is 155 cm³/mol. The van der Waals surface area contributed by atoms with Gasteiger partial charge in [0.05, 0.1) is 0 Å². The molecule has 4 aromatic carbocycles. The molecular weight excluding hydrogens is 414 g/mol. The maximum absolute atomic E-state index is 6.20. The lowest BCUT2D eigenvalue weighted by molar-refractivity contribution is 0.668. The zero-order valence-electron chi connectivity index (χ0n) is 22.0. The van der Waals surface area contributed by atoms with Crippen molar-refractivity contribution < 1.29 is 4.42 Å². The highest BCUT2D eigenvalue weighted by molar-refractivity contribution is 6.08. The third-order valence-electron chi connectivity index (χ3n) is 5.57. The van der Waals surface area contributed by atoms with E-state index in [-0.39, 0.29) is 0 Å². The maximum atomic E-state index is 6.20. The fraction of sp³-hybridized carbons (Fsp3) is 0.250. The molecule has 1 N–H and O–H groups in total. The van der Waals surface area contributed by atoms with Crippen molar-refractivity contribution in [3.8, 4) is 11.1 Å². The Labute approximate surface area is 205 Å². The van der Waals surface area contributed by atoms with Crippen LogP contribution in [0.3, 0.4) is 0 Å². The van der Waals surface area contributed by atoms with Gasteiger partial charge >= 0.3 is 0 Å². The highest BCUT2D eigenvalue weighted by atomic mass is 16.3. The molecule has 0 fully saturated rings. The average molecular weight is 454 g/mol. The Morgan fingerprint density at radius 3 is 2.09 bits per heavy atom. The third kappa shape index (κ3) is 5.02. The Hall–Kier alpha value is -3.52. The molecule has 0 atom stereocenters. The summed E-state index contributed by atoms with van der Waals surface area (Å²) in [5.41, 5.74) is 7.60. The summed E-state index contributed by atoms with van der Waals surface area (Å²) < 4.78 is 6.20. The van der Waals surface area contributed by atoms with E-state index in [2.05, 4.69) is 85.5 Å². The second-order valence-electron chi connectivity index (χ2n) is 7.18. The third-order valence-corrected chi connectivity index (χ3v) is 5.57. The van der Waals surface area contributed by atoms with Gasteiger partial charge in [0, 0.05) is 34.5 Å². The summed E-state index contributed by atoms with van der Waals surface area (Å²) in [5, 5.41) is 8.11. The normalized spacial score (nSPS) is 9.88. The Kier molecular flexibility index (Phi) is 9.94. The van der Waals surface area contributed by atoms with Gasteiger partial charge < -0.3 is 9.73 Å². The first kappa shape index (κ1) is 26.7. The molecule has 0 amide bonds. The van der Waals surface area contributed by atoms with Crippen LogP contribution in [0.2, 0.25) is 0 Å². The fourth-order valence-corrected chi connectivity index (χ4v) is 4.11. The van der Waals surface area contributed by atoms with E-state index >= 15 is 0 Å². The maximum Gasteiger partial charge on any atom is 0.136 e. The molecule has 0 radical (unpaired) electrons. The smallest absolute Gasteiger partial charge is 0.136 e. The molecular formula is C32H39NO. The van der Waals surface area contributed by atoms with Crippen LogP contribution in [0.1, 0.15) is 52.7 Å². The van der Waals surface area contributed by atoms with Gasteiger partial charge in [0.1, 0.15) is 11.2 Å². The van der Waals surface area contributed by atoms with Crippen LogP contribution in [0.15, 0.2) is 77.7 Å². The van der Waals surface area contributed by atoms with Crippen LogP contribution in [0.4, 0.5) is 5.69 Å². The Balaban J connectivity index is 0.000000633. The molecule has 5 aromatic rings. The topological polar surface area (TPSA) is 25.2 Å². The Morgan fingerprint density at radius 1 is 0.735 bits per heavy atom. The molecule has 0 saturated carbocycles. The van der Waals surface area contributed by atoms with Crippen molar-refractivity contribution in [2.75, 3.05) is 12.4 Å². The van der Waals surface area contributed by atoms with Gasteiger partial charge in [-0.15, -0.1) is 0 Å². The lowest BCUT2D eigenvalue weighted by atomic mass is 9.97. The molecule has 1 aromatic heterocycles. The number of aryl methyl sites for hydroxylation is 1. The minimum absolute atomic E-state index is 0.906. The molecule has 2 heteroatoms. The number of anilines is 1. The van der Waals surface area contributed by atoms with E-state index in [4.69, 9.17) is 4.42 Å². The summed E-state index contributed by atoms with van der Waals surface area (Å²) in [6.07, 6.45) is 1.90. The van der Waals surface area contributed by atoms with Crippen LogP contribution in [-0.2, 0) is 0 Å². The number of nitrogens with one attached hydrogen (secondary N) is 1. The quantitative estimate of drug-likeness (QED) is 0.294. The van der Waals surface area contributed by atoms with E-state index in [1.54, 1.807) is 0 Å². The molecule has 0 spiro atoms. The Bertz CT molecular complexity index is 1370. The SMILES string of the molecule is C=Cc1cc2c(cc1C)oc1cc(-c3ccc4ccccc4c3NC)ccc12.CC.CC.CC. The van der Waals surface area contributed by atoms with E-state index in [1.165, 1.54) is 21.9 Å². The van der Waals surface area contributed by atoms with Crippen molar-refractivity contribution >= 4 is 44.5 Å². The number of benzene rings is 4. The summed E-state index contributed by atoms with van der Waals surface area (Å²) in [5.74, 6) is 0. The molecule has 0 aliphatic carbocycles. The van der Waals surface area contributed by atoms with Crippen molar-refractivity contribution in [3.63, 3.8) is 0 Å². The molecule has 34 heavy (non-hydrogen) atoms. The van der Waals surface area contributed by atoms with Crippen molar-refractivity contribution in [2.45, 2.75) is 48.5 Å². The second kappa shape index (κ2) is 12.6. The first-order chi connectivity index (χ1) is 16.7. The molecule has 0 unspecified atom stereocenters. The largest absolute Gasteiger partial charge is 0.456 e. The highest BCUT2D eigenvalue weighted by Gasteiger charge is 2.13. The van der Waals surface area contributed by atoms with Gasteiger partial charge in [-0.05, 0) is 53.3 Å². The zero-order chi connectivity index (χ0) is 25.3. The van der Waals surface area contributed by atoms with E-state index in [0.29, 0.717) is 0 Å². The van der Waals surface area contributed by atoms with E-state index < -0.39 is 0 Å². The van der Waals surface area contributed by atoms with Gasteiger partial charge in [-0.1, -0.05) is 96.7 Å². The van der Waals surface area contributed by atoms with Crippen LogP contribution in [0.25, 0.3) is 49.9 Å². The molecule has 0 bridgehead atoms. The van der Waals surface area contributed by atoms with Crippen LogP contribution in [0, 0.1) is 6.92 Å². The molecule has 0 saturated heterocycles. The molecule has 2 nitrogen and oxygen atoms in total. The van der Waals surface area contributed by atoms with Gasteiger partial charge in [-0.25, -0.2) is 0 Å². The second-order valence-corrected chi connectivity index (χ2v) is 7.18. The lowest BCUT2D eigenvalue weighted by Gasteiger charge is -2.13. The molecule has 5 rings (SSSR count). The van der Waals surface area contributed by atoms with E-state index in [1.807, 2.05) is 54.7 Å². The van der Waals surface area contributed by atoms with Crippen molar-refractivity contribution in [3.05, 3.63) is 84.4 Å². The van der Waals surface area contributed by atoms with Crippen LogP contribution < -0.4 is 5.32 Å². The minimum Gasteiger partial charge on any atom is -0.456 e. The lowest BCUT2D eigenvalue weighted by Crippen LogP contribution is -1.93. The van der Waals surface area contributed by atoms with Gasteiger partial charge in [0.2, 0.25) is 0 Å². The molecule has 178 valence electrons. The number of fused-ring (bicyclic) bond motifs is 4. The number of hydrogen-bond donors (Lipinski definition) is 1. The zero-order valence-corrected chi connectivity index (χ0v) is 22.0. The minimum atomic E-state index is 0.906. The standard InChI is InChI=1S/C26H21NO.3C2H6/c1-4-17-14-23-22-12-10-19(15-25(22)28-24(23)13-16(17)2)21-11-9-18-7-5-6-8-20(18)26(21)27-3;3*1-2/h4-15,27H,1H2,2-3H3;3*1-2H3. The predicted octanol–water partition coefficient (Wildman–Crippen LogP) is 10.5. The van der Waals surface area contributed by atoms with Crippen molar-refractivity contribution in [1.29, 1.82) is 0 Å². The first-order valence-electron chi connectivity index (χ1n) is 12.5.